The second-order valence-corrected chi connectivity index (χ2v) is 6.08. The molecule has 0 saturated carbocycles. The number of furan rings is 1. The van der Waals surface area contributed by atoms with Crippen LogP contribution in [-0.4, -0.2) is 48.1 Å². The molecule has 1 aromatic heterocycles. The topological polar surface area (TPSA) is 45.6 Å². The maximum Gasteiger partial charge on any atom is 0.120 e. The van der Waals surface area contributed by atoms with Gasteiger partial charge < -0.3 is 10.2 Å². The lowest BCUT2D eigenvalue weighted by molar-refractivity contribution is 0.150. The zero-order valence-corrected chi connectivity index (χ0v) is 11.8. The third-order valence-electron chi connectivity index (χ3n) is 4.67. The van der Waals surface area contributed by atoms with E-state index >= 15 is 0 Å². The van der Waals surface area contributed by atoms with Crippen LogP contribution in [0.2, 0.25) is 0 Å². The third kappa shape index (κ3) is 3.02. The molecule has 2 saturated heterocycles. The standard InChI is InChI=1S/C15H25N3O/c1-12-5-9-19-15(12)11-17-6-4-14(10-17)18-7-2-13(16)3-8-18/h5,9,13-14H,2-4,6-8,10-11,16H2,1H3. The first kappa shape index (κ1) is 13.2. The summed E-state index contributed by atoms with van der Waals surface area (Å²) in [6.07, 6.45) is 5.40. The molecule has 106 valence electrons. The highest BCUT2D eigenvalue weighted by molar-refractivity contribution is 5.14. The van der Waals surface area contributed by atoms with Crippen LogP contribution in [0.4, 0.5) is 0 Å². The highest BCUT2D eigenvalue weighted by atomic mass is 16.3. The summed E-state index contributed by atoms with van der Waals surface area (Å²) in [6.45, 7) is 7.81. The van der Waals surface area contributed by atoms with Gasteiger partial charge in [-0.25, -0.2) is 0 Å². The Hall–Kier alpha value is -0.840. The summed E-state index contributed by atoms with van der Waals surface area (Å²) in [5, 5.41) is 0. The van der Waals surface area contributed by atoms with Crippen LogP contribution in [0.15, 0.2) is 16.7 Å². The van der Waals surface area contributed by atoms with Gasteiger partial charge in [0.05, 0.1) is 12.8 Å². The molecular weight excluding hydrogens is 238 g/mol. The molecule has 2 aliphatic rings. The van der Waals surface area contributed by atoms with E-state index < -0.39 is 0 Å². The smallest absolute Gasteiger partial charge is 0.120 e. The predicted octanol–water partition coefficient (Wildman–Crippen LogP) is 1.59. The van der Waals surface area contributed by atoms with Crippen molar-refractivity contribution in [2.45, 2.75) is 44.8 Å². The molecule has 2 aliphatic heterocycles. The molecule has 0 spiro atoms. The molecule has 0 aliphatic carbocycles. The number of hydrogen-bond donors (Lipinski definition) is 1. The SMILES string of the molecule is Cc1ccoc1CN1CCC(N2CCC(N)CC2)C1. The van der Waals surface area contributed by atoms with Crippen LogP contribution in [0.5, 0.6) is 0 Å². The Balaban J connectivity index is 1.51. The molecule has 0 bridgehead atoms. The fourth-order valence-electron chi connectivity index (χ4n) is 3.31. The molecule has 2 fully saturated rings. The Labute approximate surface area is 115 Å². The summed E-state index contributed by atoms with van der Waals surface area (Å²) >= 11 is 0. The average molecular weight is 263 g/mol. The molecule has 1 aromatic rings. The van der Waals surface area contributed by atoms with Gasteiger partial charge in [0.25, 0.3) is 0 Å². The summed E-state index contributed by atoms with van der Waals surface area (Å²) in [4.78, 5) is 5.16. The van der Waals surface area contributed by atoms with Gasteiger partial charge in [-0.05, 0) is 50.9 Å². The molecule has 4 heteroatoms. The zero-order valence-electron chi connectivity index (χ0n) is 11.8. The van der Waals surface area contributed by atoms with E-state index in [0.717, 1.165) is 31.2 Å². The van der Waals surface area contributed by atoms with Crippen molar-refractivity contribution >= 4 is 0 Å². The molecule has 0 amide bonds. The van der Waals surface area contributed by atoms with Gasteiger partial charge >= 0.3 is 0 Å². The Morgan fingerprint density at radius 1 is 1.26 bits per heavy atom. The van der Waals surface area contributed by atoms with Gasteiger partial charge in [-0.15, -0.1) is 0 Å². The van der Waals surface area contributed by atoms with Crippen molar-refractivity contribution in [3.63, 3.8) is 0 Å². The van der Waals surface area contributed by atoms with E-state index in [1.165, 1.54) is 38.2 Å². The van der Waals surface area contributed by atoms with Gasteiger partial charge in [0.2, 0.25) is 0 Å². The first-order chi connectivity index (χ1) is 9.22. The van der Waals surface area contributed by atoms with E-state index in [4.69, 9.17) is 10.2 Å². The predicted molar refractivity (Wildman–Crippen MR) is 75.9 cm³/mol. The van der Waals surface area contributed by atoms with E-state index in [1.54, 1.807) is 6.26 Å². The molecule has 3 heterocycles. The van der Waals surface area contributed by atoms with Gasteiger partial charge in [-0.3, -0.25) is 9.80 Å². The Morgan fingerprint density at radius 2 is 2.05 bits per heavy atom. The van der Waals surface area contributed by atoms with Gasteiger partial charge in [0.1, 0.15) is 5.76 Å². The van der Waals surface area contributed by atoms with Crippen molar-refractivity contribution < 1.29 is 4.42 Å². The average Bonchev–Trinajstić information content (AvgIpc) is 3.01. The number of rotatable bonds is 3. The van der Waals surface area contributed by atoms with Crippen molar-refractivity contribution in [3.05, 3.63) is 23.7 Å². The summed E-state index contributed by atoms with van der Waals surface area (Å²) in [7, 11) is 0. The molecule has 1 unspecified atom stereocenters. The summed E-state index contributed by atoms with van der Waals surface area (Å²) in [5.74, 6) is 1.13. The summed E-state index contributed by atoms with van der Waals surface area (Å²) < 4.78 is 5.55. The summed E-state index contributed by atoms with van der Waals surface area (Å²) in [5.41, 5.74) is 7.25. The summed E-state index contributed by atoms with van der Waals surface area (Å²) in [6, 6.07) is 3.21. The van der Waals surface area contributed by atoms with Crippen LogP contribution >= 0.6 is 0 Å². The second kappa shape index (κ2) is 5.65. The van der Waals surface area contributed by atoms with E-state index in [-0.39, 0.29) is 0 Å². The van der Waals surface area contributed by atoms with E-state index in [1.807, 2.05) is 0 Å². The lowest BCUT2D eigenvalue weighted by atomic mass is 10.0. The normalized spacial score (nSPS) is 27.2. The van der Waals surface area contributed by atoms with Crippen molar-refractivity contribution in [2.75, 3.05) is 26.2 Å². The fraction of sp³-hybridized carbons (Fsp3) is 0.733. The number of hydrogen-bond acceptors (Lipinski definition) is 4. The molecule has 0 aromatic carbocycles. The van der Waals surface area contributed by atoms with E-state index in [2.05, 4.69) is 22.8 Å². The van der Waals surface area contributed by atoms with Crippen LogP contribution in [0, 0.1) is 6.92 Å². The highest BCUT2D eigenvalue weighted by Gasteiger charge is 2.30. The number of aryl methyl sites for hydroxylation is 1. The molecule has 0 radical (unpaired) electrons. The zero-order chi connectivity index (χ0) is 13.2. The number of nitrogens with zero attached hydrogens (tertiary/aromatic N) is 2. The number of piperidine rings is 1. The largest absolute Gasteiger partial charge is 0.468 e. The molecule has 19 heavy (non-hydrogen) atoms. The van der Waals surface area contributed by atoms with Crippen molar-refractivity contribution in [1.82, 2.24) is 9.80 Å². The molecule has 3 rings (SSSR count). The Kier molecular flexibility index (Phi) is 3.91. The molecule has 4 nitrogen and oxygen atoms in total. The molecule has 1 atom stereocenters. The van der Waals surface area contributed by atoms with Crippen LogP contribution in [0.25, 0.3) is 0 Å². The number of nitrogens with two attached hydrogens (primary N) is 1. The van der Waals surface area contributed by atoms with Crippen LogP contribution in [-0.2, 0) is 6.54 Å². The molecular formula is C15H25N3O. The van der Waals surface area contributed by atoms with E-state index in [9.17, 15) is 0 Å². The second-order valence-electron chi connectivity index (χ2n) is 6.08. The molecule has 2 N–H and O–H groups in total. The quantitative estimate of drug-likeness (QED) is 0.899. The first-order valence-electron chi connectivity index (χ1n) is 7.47. The lowest BCUT2D eigenvalue weighted by Gasteiger charge is -2.34. The lowest BCUT2D eigenvalue weighted by Crippen LogP contribution is -2.46. The minimum Gasteiger partial charge on any atom is -0.468 e. The number of likely N-dealkylation sites (tertiary alicyclic amines) is 2. The highest BCUT2D eigenvalue weighted by Crippen LogP contribution is 2.22. The fourth-order valence-corrected chi connectivity index (χ4v) is 3.31. The van der Waals surface area contributed by atoms with Crippen molar-refractivity contribution in [3.8, 4) is 0 Å². The van der Waals surface area contributed by atoms with Crippen molar-refractivity contribution in [2.24, 2.45) is 5.73 Å². The maximum absolute atomic E-state index is 5.98. The first-order valence-corrected chi connectivity index (χ1v) is 7.47. The maximum atomic E-state index is 5.98. The van der Waals surface area contributed by atoms with Crippen LogP contribution < -0.4 is 5.73 Å². The van der Waals surface area contributed by atoms with Crippen molar-refractivity contribution in [1.29, 1.82) is 0 Å². The van der Waals surface area contributed by atoms with E-state index in [0.29, 0.717) is 6.04 Å². The monoisotopic (exact) mass is 263 g/mol. The van der Waals surface area contributed by atoms with Gasteiger partial charge in [0.15, 0.2) is 0 Å². The Morgan fingerprint density at radius 3 is 2.74 bits per heavy atom. The minimum atomic E-state index is 0.430. The third-order valence-corrected chi connectivity index (χ3v) is 4.67. The van der Waals surface area contributed by atoms with Gasteiger partial charge in [0, 0.05) is 25.2 Å². The van der Waals surface area contributed by atoms with Gasteiger partial charge in [-0.1, -0.05) is 0 Å². The minimum absolute atomic E-state index is 0.430. The van der Waals surface area contributed by atoms with Crippen LogP contribution in [0.1, 0.15) is 30.6 Å². The Bertz CT molecular complexity index is 409. The van der Waals surface area contributed by atoms with Gasteiger partial charge in [-0.2, -0.15) is 0 Å². The van der Waals surface area contributed by atoms with Crippen LogP contribution in [0.3, 0.4) is 0 Å².